The van der Waals surface area contributed by atoms with Crippen molar-refractivity contribution in [1.82, 2.24) is 10.0 Å². The van der Waals surface area contributed by atoms with Crippen molar-refractivity contribution < 1.29 is 19.2 Å². The van der Waals surface area contributed by atoms with E-state index in [4.69, 9.17) is 0 Å². The monoisotopic (exact) mass is 400 g/mol. The number of nitrogens with zero attached hydrogens (tertiary/aromatic N) is 2. The highest BCUT2D eigenvalue weighted by molar-refractivity contribution is 8.76. The minimum absolute atomic E-state index is 0.129. The molecule has 8 heteroatoms. The zero-order valence-electron chi connectivity index (χ0n) is 16.2. The van der Waals surface area contributed by atoms with Crippen LogP contribution >= 0.6 is 21.6 Å². The van der Waals surface area contributed by atoms with E-state index >= 15 is 0 Å². The van der Waals surface area contributed by atoms with Crippen molar-refractivity contribution >= 4 is 39.4 Å². The van der Waals surface area contributed by atoms with Gasteiger partial charge in [0, 0.05) is 24.3 Å². The predicted molar refractivity (Wildman–Crippen MR) is 106 cm³/mol. The molecule has 2 rings (SSSR count). The topological polar surface area (TPSA) is 76.6 Å². The molecule has 0 N–H and O–H groups in total. The number of carbonyl (C=O) groups is 3. The number of hydrogen-bond donors (Lipinski definition) is 0. The standard InChI is InChI=1S/C8H11NO4.C8H11NS2.C2H6/c1-5(2)8(12)13-9-6(10)3-4-7(9)11;1-7(2)10-11-8-5-3-4-6-9-8;1-2/h5H,3-4H2,1-2H3;3-7H,1-2H3;1-2H3. The normalized spacial score (nSPS) is 13.2. The first kappa shape index (κ1) is 24.5. The molecule has 1 aliphatic rings. The summed E-state index contributed by atoms with van der Waals surface area (Å²) in [5.74, 6) is -1.80. The molecule has 0 aliphatic carbocycles. The fraction of sp³-hybridized carbons (Fsp3) is 0.556. The van der Waals surface area contributed by atoms with Crippen LogP contribution in [0.15, 0.2) is 29.4 Å². The molecule has 0 bridgehead atoms. The summed E-state index contributed by atoms with van der Waals surface area (Å²) < 4.78 is 0. The van der Waals surface area contributed by atoms with Crippen LogP contribution in [-0.4, -0.2) is 33.1 Å². The molecule has 2 heterocycles. The van der Waals surface area contributed by atoms with Gasteiger partial charge in [0.2, 0.25) is 0 Å². The maximum absolute atomic E-state index is 11.0. The quantitative estimate of drug-likeness (QED) is 0.532. The lowest BCUT2D eigenvalue weighted by Gasteiger charge is -2.13. The van der Waals surface area contributed by atoms with Gasteiger partial charge in [-0.25, -0.2) is 9.78 Å². The van der Waals surface area contributed by atoms with Gasteiger partial charge < -0.3 is 4.84 Å². The third-order valence-electron chi connectivity index (χ3n) is 2.62. The number of imide groups is 1. The third kappa shape index (κ3) is 9.82. The maximum Gasteiger partial charge on any atom is 0.335 e. The molecule has 2 amide bonds. The molecular weight excluding hydrogens is 372 g/mol. The van der Waals surface area contributed by atoms with Gasteiger partial charge in [0.05, 0.1) is 5.92 Å². The van der Waals surface area contributed by atoms with Gasteiger partial charge in [-0.2, -0.15) is 0 Å². The number of hydroxylamine groups is 2. The van der Waals surface area contributed by atoms with Gasteiger partial charge in [0.1, 0.15) is 5.03 Å². The highest BCUT2D eigenvalue weighted by Gasteiger charge is 2.33. The van der Waals surface area contributed by atoms with E-state index in [9.17, 15) is 14.4 Å². The molecule has 0 saturated carbocycles. The van der Waals surface area contributed by atoms with Crippen molar-refractivity contribution in [2.45, 2.75) is 64.7 Å². The van der Waals surface area contributed by atoms with Crippen LogP contribution in [0.25, 0.3) is 0 Å². The number of pyridine rings is 1. The van der Waals surface area contributed by atoms with Crippen molar-refractivity contribution in [2.75, 3.05) is 0 Å². The van der Waals surface area contributed by atoms with Gasteiger partial charge in [-0.3, -0.25) is 9.59 Å². The Hall–Kier alpha value is -1.54. The second-order valence-electron chi connectivity index (χ2n) is 5.54. The third-order valence-corrected chi connectivity index (χ3v) is 5.47. The molecule has 0 spiro atoms. The van der Waals surface area contributed by atoms with Gasteiger partial charge in [-0.05, 0) is 22.9 Å². The molecule has 1 saturated heterocycles. The molecule has 6 nitrogen and oxygen atoms in total. The zero-order chi connectivity index (χ0) is 20.1. The van der Waals surface area contributed by atoms with E-state index in [0.717, 1.165) is 5.03 Å². The van der Waals surface area contributed by atoms with Gasteiger partial charge in [-0.1, -0.05) is 58.4 Å². The van der Waals surface area contributed by atoms with Gasteiger partial charge in [0.25, 0.3) is 11.8 Å². The lowest BCUT2D eigenvalue weighted by molar-refractivity contribution is -0.199. The lowest BCUT2D eigenvalue weighted by atomic mass is 10.2. The van der Waals surface area contributed by atoms with Crippen LogP contribution in [0.3, 0.4) is 0 Å². The summed E-state index contributed by atoms with van der Waals surface area (Å²) in [6.07, 6.45) is 2.08. The van der Waals surface area contributed by atoms with Crippen LogP contribution in [0.2, 0.25) is 0 Å². The summed E-state index contributed by atoms with van der Waals surface area (Å²) in [4.78, 5) is 41.7. The fourth-order valence-corrected chi connectivity index (χ4v) is 3.09. The van der Waals surface area contributed by atoms with E-state index in [1.165, 1.54) is 0 Å². The molecule has 1 fully saturated rings. The summed E-state index contributed by atoms with van der Waals surface area (Å²) in [7, 11) is 3.57. The molecule has 0 radical (unpaired) electrons. The summed E-state index contributed by atoms with van der Waals surface area (Å²) in [5.41, 5.74) is 0. The molecule has 0 atom stereocenters. The number of amides is 2. The Bertz CT molecular complexity index is 550. The van der Waals surface area contributed by atoms with E-state index in [0.29, 0.717) is 10.3 Å². The first-order valence-electron chi connectivity index (χ1n) is 8.63. The second kappa shape index (κ2) is 13.6. The lowest BCUT2D eigenvalue weighted by Crippen LogP contribution is -2.33. The van der Waals surface area contributed by atoms with E-state index < -0.39 is 17.8 Å². The first-order valence-corrected chi connectivity index (χ1v) is 10.8. The van der Waals surface area contributed by atoms with E-state index in [1.807, 2.05) is 49.0 Å². The van der Waals surface area contributed by atoms with E-state index in [-0.39, 0.29) is 18.8 Å². The number of rotatable bonds is 5. The zero-order valence-corrected chi connectivity index (χ0v) is 17.9. The van der Waals surface area contributed by atoms with Crippen molar-refractivity contribution in [1.29, 1.82) is 0 Å². The van der Waals surface area contributed by atoms with Crippen LogP contribution in [0.1, 0.15) is 54.4 Å². The summed E-state index contributed by atoms with van der Waals surface area (Å²) >= 11 is 0. The predicted octanol–water partition coefficient (Wildman–Crippen LogP) is 4.51. The Morgan fingerprint density at radius 2 is 1.69 bits per heavy atom. The summed E-state index contributed by atoms with van der Waals surface area (Å²) in [5, 5.41) is 2.30. The highest BCUT2D eigenvalue weighted by atomic mass is 33.1. The smallest absolute Gasteiger partial charge is 0.330 e. The SMILES string of the molecule is CC.CC(C)C(=O)ON1C(=O)CCC1=O.CC(C)SSc1ccccn1. The second-order valence-corrected chi connectivity index (χ2v) is 8.34. The van der Waals surface area contributed by atoms with Crippen LogP contribution in [0.5, 0.6) is 0 Å². The van der Waals surface area contributed by atoms with Crippen molar-refractivity contribution in [3.63, 3.8) is 0 Å². The van der Waals surface area contributed by atoms with Gasteiger partial charge >= 0.3 is 5.97 Å². The van der Waals surface area contributed by atoms with Crippen LogP contribution in [0, 0.1) is 5.92 Å². The molecular formula is C18H28N2O4S2. The fourth-order valence-electron chi connectivity index (χ4n) is 1.40. The Kier molecular flexibility index (Phi) is 12.8. The average molecular weight is 401 g/mol. The maximum atomic E-state index is 11.0. The van der Waals surface area contributed by atoms with Crippen molar-refractivity contribution in [2.24, 2.45) is 5.92 Å². The number of hydrogen-bond acceptors (Lipinski definition) is 7. The minimum atomic E-state index is -0.566. The first-order chi connectivity index (χ1) is 12.3. The molecule has 146 valence electrons. The van der Waals surface area contributed by atoms with Gasteiger partial charge in [0.15, 0.2) is 0 Å². The van der Waals surface area contributed by atoms with E-state index in [2.05, 4.69) is 23.7 Å². The van der Waals surface area contributed by atoms with Gasteiger partial charge in [-0.15, -0.1) is 5.06 Å². The largest absolute Gasteiger partial charge is 0.335 e. The Balaban J connectivity index is 0.000000444. The molecule has 0 aromatic carbocycles. The Morgan fingerprint density at radius 3 is 2.12 bits per heavy atom. The molecule has 26 heavy (non-hydrogen) atoms. The molecule has 1 aromatic heterocycles. The molecule has 0 unspecified atom stereocenters. The van der Waals surface area contributed by atoms with Crippen molar-refractivity contribution in [3.05, 3.63) is 24.4 Å². The summed E-state index contributed by atoms with van der Waals surface area (Å²) in [6.45, 7) is 11.6. The highest BCUT2D eigenvalue weighted by Crippen LogP contribution is 2.32. The van der Waals surface area contributed by atoms with Crippen LogP contribution < -0.4 is 0 Å². The number of carbonyl (C=O) groups excluding carboxylic acids is 3. The van der Waals surface area contributed by atoms with Crippen LogP contribution in [-0.2, 0) is 19.2 Å². The van der Waals surface area contributed by atoms with E-state index in [1.54, 1.807) is 24.6 Å². The minimum Gasteiger partial charge on any atom is -0.330 e. The Morgan fingerprint density at radius 1 is 1.12 bits per heavy atom. The number of aromatic nitrogens is 1. The van der Waals surface area contributed by atoms with Crippen molar-refractivity contribution in [3.8, 4) is 0 Å². The summed E-state index contributed by atoms with van der Waals surface area (Å²) in [6, 6.07) is 5.97. The molecule has 1 aliphatic heterocycles. The molecule has 1 aromatic rings. The van der Waals surface area contributed by atoms with Crippen LogP contribution in [0.4, 0.5) is 0 Å². The Labute approximate surface area is 163 Å². The average Bonchev–Trinajstić information content (AvgIpc) is 2.95.